The first-order valence-corrected chi connectivity index (χ1v) is 24.7. The van der Waals surface area contributed by atoms with Crippen molar-refractivity contribution in [2.24, 2.45) is 11.3 Å². The number of amides is 4. The summed E-state index contributed by atoms with van der Waals surface area (Å²) in [5, 5.41) is 16.7. The molecular formula is C55H68N8O8. The van der Waals surface area contributed by atoms with Gasteiger partial charge in [0.1, 0.15) is 29.9 Å². The number of phenols is 1. The van der Waals surface area contributed by atoms with E-state index in [9.17, 15) is 29.1 Å². The standard InChI is InChI=1S/C55H68N8O8/c1-9-62-46-18-17-37-26-41(46)42(50(62)43-28-56-20-19-38(43)32-70-8)27-55(4,5)33-71-54(69)44-16-13-21-63(58-44)52(67)45(24-36-22-39(37)25-40(64)23-36)57-51(66)49(34(2)3)60(7)48(65)31-59(6)53(68)47-30-61(47)29-35-14-11-10-12-15-35/h10-12,14-15,17-20,22-23,25-26,28,34,44-45,47,49,58,64H,9,13,16,21,24,27,29-33H2,1-8H3,(H,57,66)/t44-,45-,47-,49?,61?/m0/s1. The molecule has 2 fully saturated rings. The first-order valence-electron chi connectivity index (χ1n) is 24.7. The molecule has 16 heteroatoms. The average Bonchev–Trinajstić information content (AvgIpc) is 4.05. The molecule has 0 spiro atoms. The van der Waals surface area contributed by atoms with Crippen LogP contribution in [0.5, 0.6) is 5.75 Å². The molecule has 2 unspecified atom stereocenters. The van der Waals surface area contributed by atoms with Crippen molar-refractivity contribution in [2.75, 3.05) is 47.4 Å². The summed E-state index contributed by atoms with van der Waals surface area (Å²) in [4.78, 5) is 80.0. The molecule has 6 bridgehead atoms. The van der Waals surface area contributed by atoms with Gasteiger partial charge in [-0.15, -0.1) is 0 Å². The SMILES string of the molecule is CCn1c(-c2cnccc2COC)c2c3cc(ccc31)-c1cc(O)cc(c1)C[C@H](NC(=O)C(C(C)C)N(C)C(=O)CN(C)C(=O)[C@@H]1CN1Cc1ccccc1)C(=O)N1CCC[C@H](N1)C(=O)OCC(C)(C)C2. The lowest BCUT2D eigenvalue weighted by Gasteiger charge is -2.37. The third kappa shape index (κ3) is 11.3. The Labute approximate surface area is 416 Å². The molecule has 2 aromatic heterocycles. The number of phenolic OH excluding ortho intramolecular Hbond substituents is 1. The molecule has 0 aliphatic carbocycles. The van der Waals surface area contributed by atoms with Crippen LogP contribution in [0.25, 0.3) is 33.3 Å². The predicted octanol–water partition coefficient (Wildman–Crippen LogP) is 5.72. The van der Waals surface area contributed by atoms with Gasteiger partial charge in [0.2, 0.25) is 17.7 Å². The number of cyclic esters (lactones) is 1. The molecule has 0 radical (unpaired) electrons. The summed E-state index contributed by atoms with van der Waals surface area (Å²) < 4.78 is 14.0. The molecule has 4 amide bonds. The Hall–Kier alpha value is -6.62. The van der Waals surface area contributed by atoms with E-state index in [-0.39, 0.29) is 49.7 Å². The van der Waals surface area contributed by atoms with Gasteiger partial charge >= 0.3 is 5.97 Å². The fraction of sp³-hybridized carbons (Fsp3) is 0.455. The molecule has 5 atom stereocenters. The highest BCUT2D eigenvalue weighted by molar-refractivity contribution is 5.96. The number of nitrogens with one attached hydrogen (secondary N) is 2. The Morgan fingerprint density at radius 3 is 2.54 bits per heavy atom. The molecule has 3 aliphatic rings. The van der Waals surface area contributed by atoms with Crippen LogP contribution in [0.4, 0.5) is 0 Å². The summed E-state index contributed by atoms with van der Waals surface area (Å²) in [6, 6.07) is 19.9. The van der Waals surface area contributed by atoms with Crippen LogP contribution in [0, 0.1) is 11.3 Å². The molecule has 5 aromatic rings. The van der Waals surface area contributed by atoms with Crippen molar-refractivity contribution >= 4 is 40.5 Å². The smallest absolute Gasteiger partial charge is 0.324 e. The highest BCUT2D eigenvalue weighted by Gasteiger charge is 2.43. The Morgan fingerprint density at radius 2 is 1.80 bits per heavy atom. The number of rotatable bonds is 13. The summed E-state index contributed by atoms with van der Waals surface area (Å²) >= 11 is 0. The number of hydrogen-bond donors (Lipinski definition) is 3. The van der Waals surface area contributed by atoms with Crippen LogP contribution in [0.3, 0.4) is 0 Å². The van der Waals surface area contributed by atoms with Crippen LogP contribution in [-0.2, 0) is 66.0 Å². The van der Waals surface area contributed by atoms with Crippen LogP contribution < -0.4 is 10.7 Å². The number of fused-ring (bicyclic) bond motifs is 6. The van der Waals surface area contributed by atoms with Crippen molar-refractivity contribution in [1.29, 1.82) is 0 Å². The van der Waals surface area contributed by atoms with Crippen molar-refractivity contribution in [1.82, 2.24) is 40.0 Å². The van der Waals surface area contributed by atoms with E-state index in [0.717, 1.165) is 44.4 Å². The van der Waals surface area contributed by atoms with Crippen molar-refractivity contribution in [3.8, 4) is 28.1 Å². The number of ether oxygens (including phenoxy) is 2. The van der Waals surface area contributed by atoms with Gasteiger partial charge in [0.15, 0.2) is 0 Å². The number of aryl methyl sites for hydroxylation is 1. The zero-order chi connectivity index (χ0) is 50.7. The van der Waals surface area contributed by atoms with Gasteiger partial charge in [0.05, 0.1) is 25.5 Å². The van der Waals surface area contributed by atoms with Gasteiger partial charge < -0.3 is 34.3 Å². The normalized spacial score (nSPS) is 20.5. The Bertz CT molecular complexity index is 2790. The number of benzene rings is 3. The first kappa shape index (κ1) is 50.8. The lowest BCUT2D eigenvalue weighted by molar-refractivity contribution is -0.155. The predicted molar refractivity (Wildman–Crippen MR) is 270 cm³/mol. The summed E-state index contributed by atoms with van der Waals surface area (Å²) in [5.74, 6) is -2.55. The second kappa shape index (κ2) is 21.4. The summed E-state index contributed by atoms with van der Waals surface area (Å²) in [6.07, 6.45) is 5.08. The number of esters is 1. The van der Waals surface area contributed by atoms with Crippen LogP contribution in [-0.4, -0.2) is 136 Å². The van der Waals surface area contributed by atoms with Crippen LogP contribution in [0.15, 0.2) is 85.2 Å². The molecule has 71 heavy (non-hydrogen) atoms. The maximum atomic E-state index is 14.8. The van der Waals surface area contributed by atoms with Crippen molar-refractivity contribution in [2.45, 2.75) is 104 Å². The number of hydrazine groups is 1. The lowest BCUT2D eigenvalue weighted by atomic mass is 9.84. The monoisotopic (exact) mass is 969 g/mol. The minimum absolute atomic E-state index is 0.0189. The first-order chi connectivity index (χ1) is 34.0. The van der Waals surface area contributed by atoms with Gasteiger partial charge in [-0.3, -0.25) is 38.9 Å². The highest BCUT2D eigenvalue weighted by atomic mass is 16.5. The average molecular weight is 969 g/mol. The Kier molecular flexibility index (Phi) is 15.3. The topological polar surface area (TPSA) is 179 Å². The Balaban J connectivity index is 1.11. The molecule has 3 aliphatic heterocycles. The third-order valence-corrected chi connectivity index (χ3v) is 14.0. The number of nitrogens with zero attached hydrogens (tertiary/aromatic N) is 6. The summed E-state index contributed by atoms with van der Waals surface area (Å²) in [5.41, 5.74) is 10.8. The van der Waals surface area contributed by atoms with Gasteiger partial charge in [0.25, 0.3) is 5.91 Å². The second-order valence-electron chi connectivity index (χ2n) is 20.5. The molecule has 16 nitrogen and oxygen atoms in total. The summed E-state index contributed by atoms with van der Waals surface area (Å²) in [7, 11) is 4.80. The number of aromatic hydroxyl groups is 1. The van der Waals surface area contributed by atoms with Gasteiger partial charge in [-0.25, -0.2) is 5.43 Å². The molecule has 376 valence electrons. The Morgan fingerprint density at radius 1 is 1.03 bits per heavy atom. The number of hydrogen-bond acceptors (Lipinski definition) is 11. The van der Waals surface area contributed by atoms with Crippen molar-refractivity contribution in [3.63, 3.8) is 0 Å². The maximum absolute atomic E-state index is 14.8. The van der Waals surface area contributed by atoms with Crippen LogP contribution in [0.1, 0.15) is 69.7 Å². The van der Waals surface area contributed by atoms with Gasteiger partial charge in [-0.1, -0.05) is 70.2 Å². The highest BCUT2D eigenvalue weighted by Crippen LogP contribution is 2.41. The van der Waals surface area contributed by atoms with E-state index in [1.54, 1.807) is 32.5 Å². The minimum Gasteiger partial charge on any atom is -0.508 e. The molecule has 3 N–H and O–H groups in total. The number of pyridine rings is 1. The van der Waals surface area contributed by atoms with Gasteiger partial charge in [0, 0.05) is 88.1 Å². The fourth-order valence-electron chi connectivity index (χ4n) is 10.3. The number of likely N-dealkylation sites (N-methyl/N-ethyl adjacent to an activating group) is 2. The van der Waals surface area contributed by atoms with E-state index in [1.165, 1.54) is 21.9 Å². The lowest BCUT2D eigenvalue weighted by Crippen LogP contribution is -2.62. The number of aromatic nitrogens is 2. The zero-order valence-corrected chi connectivity index (χ0v) is 42.2. The van der Waals surface area contributed by atoms with E-state index in [1.807, 2.05) is 73.5 Å². The maximum Gasteiger partial charge on any atom is 0.324 e. The van der Waals surface area contributed by atoms with E-state index < -0.39 is 47.2 Å². The van der Waals surface area contributed by atoms with E-state index >= 15 is 0 Å². The largest absolute Gasteiger partial charge is 0.508 e. The van der Waals surface area contributed by atoms with E-state index in [4.69, 9.17) is 9.47 Å². The minimum atomic E-state index is -1.19. The second-order valence-corrected chi connectivity index (χ2v) is 20.5. The number of methoxy groups -OCH3 is 1. The molecule has 2 saturated heterocycles. The molecule has 3 aromatic carbocycles. The quantitative estimate of drug-likeness (QED) is 0.0972. The number of carbonyl (C=O) groups is 5. The van der Waals surface area contributed by atoms with Crippen LogP contribution >= 0.6 is 0 Å². The molecule has 0 saturated carbocycles. The summed E-state index contributed by atoms with van der Waals surface area (Å²) in [6.45, 7) is 12.3. The van der Waals surface area contributed by atoms with E-state index in [0.29, 0.717) is 56.6 Å². The molecular weight excluding hydrogens is 901 g/mol. The van der Waals surface area contributed by atoms with Crippen molar-refractivity contribution < 1.29 is 38.6 Å². The molecule has 8 rings (SSSR count). The van der Waals surface area contributed by atoms with Gasteiger partial charge in [-0.05, 0) is 95.8 Å². The van der Waals surface area contributed by atoms with Crippen molar-refractivity contribution in [3.05, 3.63) is 107 Å². The van der Waals surface area contributed by atoms with E-state index in [2.05, 4.69) is 53.2 Å². The van der Waals surface area contributed by atoms with Crippen LogP contribution in [0.2, 0.25) is 0 Å². The number of carbonyl (C=O) groups excluding carboxylic acids is 5. The zero-order valence-electron chi connectivity index (χ0n) is 42.2. The molecule has 5 heterocycles. The van der Waals surface area contributed by atoms with Gasteiger partial charge in [-0.2, -0.15) is 0 Å². The third-order valence-electron chi connectivity index (χ3n) is 14.0. The fourth-order valence-corrected chi connectivity index (χ4v) is 10.3.